The second-order valence-electron chi connectivity index (χ2n) is 3.66. The molecule has 1 aromatic carbocycles. The summed E-state index contributed by atoms with van der Waals surface area (Å²) in [6, 6.07) is 7.94. The lowest BCUT2D eigenvalue weighted by Crippen LogP contribution is -2.24. The van der Waals surface area contributed by atoms with E-state index in [-0.39, 0.29) is 5.82 Å². The van der Waals surface area contributed by atoms with Gasteiger partial charge in [-0.1, -0.05) is 24.6 Å². The van der Waals surface area contributed by atoms with E-state index in [2.05, 4.69) is 11.9 Å². The Balaban J connectivity index is 0.000000140. The van der Waals surface area contributed by atoms with E-state index < -0.39 is 0 Å². The average molecular weight is 195 g/mol. The van der Waals surface area contributed by atoms with Crippen molar-refractivity contribution in [3.8, 4) is 0 Å². The van der Waals surface area contributed by atoms with Crippen molar-refractivity contribution < 1.29 is 4.39 Å². The van der Waals surface area contributed by atoms with Gasteiger partial charge in [0, 0.05) is 0 Å². The zero-order chi connectivity index (χ0) is 10.2. The van der Waals surface area contributed by atoms with E-state index in [0.29, 0.717) is 0 Å². The summed E-state index contributed by atoms with van der Waals surface area (Å²) in [5.74, 6) is -0.178. The first-order chi connectivity index (χ1) is 6.79. The van der Waals surface area contributed by atoms with E-state index in [1.165, 1.54) is 44.5 Å². The van der Waals surface area contributed by atoms with Crippen molar-refractivity contribution >= 4 is 0 Å². The molecular weight excluding hydrogens is 177 g/mol. The van der Waals surface area contributed by atoms with Gasteiger partial charge in [0.25, 0.3) is 0 Å². The van der Waals surface area contributed by atoms with Crippen LogP contribution in [0.25, 0.3) is 0 Å². The van der Waals surface area contributed by atoms with E-state index in [4.69, 9.17) is 0 Å². The molecule has 1 saturated heterocycles. The molecular formula is C12H18FN. The number of hydrogen-bond donors (Lipinski definition) is 0. The molecule has 0 atom stereocenters. The molecule has 0 aliphatic carbocycles. The Bertz CT molecular complexity index is 229. The van der Waals surface area contributed by atoms with Crippen LogP contribution in [0, 0.1) is 5.82 Å². The Kier molecular flexibility index (Phi) is 5.23. The predicted molar refractivity (Wildman–Crippen MR) is 57.7 cm³/mol. The Morgan fingerprint density at radius 2 is 1.57 bits per heavy atom. The SMILES string of the molecule is CN1CCCCC1.Fc1ccccc1. The molecule has 0 bridgehead atoms. The number of hydrogen-bond acceptors (Lipinski definition) is 1. The summed E-state index contributed by atoms with van der Waals surface area (Å²) in [7, 11) is 2.19. The van der Waals surface area contributed by atoms with Gasteiger partial charge in [0.1, 0.15) is 5.82 Å². The van der Waals surface area contributed by atoms with Crippen LogP contribution in [0.5, 0.6) is 0 Å². The fourth-order valence-electron chi connectivity index (χ4n) is 1.47. The minimum absolute atomic E-state index is 0.178. The smallest absolute Gasteiger partial charge is 0.123 e. The molecule has 0 N–H and O–H groups in total. The lowest BCUT2D eigenvalue weighted by molar-refractivity contribution is 0.277. The van der Waals surface area contributed by atoms with Crippen LogP contribution in [0.2, 0.25) is 0 Å². The van der Waals surface area contributed by atoms with Gasteiger partial charge in [0.05, 0.1) is 0 Å². The van der Waals surface area contributed by atoms with E-state index in [1.807, 2.05) is 0 Å². The van der Waals surface area contributed by atoms with Gasteiger partial charge < -0.3 is 4.90 Å². The topological polar surface area (TPSA) is 3.24 Å². The monoisotopic (exact) mass is 195 g/mol. The molecule has 1 fully saturated rings. The maximum Gasteiger partial charge on any atom is 0.123 e. The highest BCUT2D eigenvalue weighted by atomic mass is 19.1. The van der Waals surface area contributed by atoms with Crippen molar-refractivity contribution in [2.45, 2.75) is 19.3 Å². The first-order valence-corrected chi connectivity index (χ1v) is 5.18. The summed E-state index contributed by atoms with van der Waals surface area (Å²) in [4.78, 5) is 2.39. The third kappa shape index (κ3) is 4.97. The molecule has 0 unspecified atom stereocenters. The maximum absolute atomic E-state index is 11.9. The van der Waals surface area contributed by atoms with Crippen LogP contribution >= 0.6 is 0 Å². The molecule has 14 heavy (non-hydrogen) atoms. The lowest BCUT2D eigenvalue weighted by Gasteiger charge is -2.20. The molecule has 0 spiro atoms. The fourth-order valence-corrected chi connectivity index (χ4v) is 1.47. The molecule has 0 saturated carbocycles. The molecule has 0 radical (unpaired) electrons. The first-order valence-electron chi connectivity index (χ1n) is 5.18. The van der Waals surface area contributed by atoms with Crippen molar-refractivity contribution in [1.29, 1.82) is 0 Å². The molecule has 1 heterocycles. The number of benzene rings is 1. The van der Waals surface area contributed by atoms with Crippen LogP contribution in [-0.4, -0.2) is 25.0 Å². The highest BCUT2D eigenvalue weighted by molar-refractivity contribution is 5.02. The zero-order valence-electron chi connectivity index (χ0n) is 8.75. The van der Waals surface area contributed by atoms with Gasteiger partial charge in [-0.15, -0.1) is 0 Å². The van der Waals surface area contributed by atoms with Gasteiger partial charge >= 0.3 is 0 Å². The van der Waals surface area contributed by atoms with Gasteiger partial charge in [-0.25, -0.2) is 4.39 Å². The second kappa shape index (κ2) is 6.55. The zero-order valence-corrected chi connectivity index (χ0v) is 8.75. The van der Waals surface area contributed by atoms with Crippen LogP contribution in [0.3, 0.4) is 0 Å². The summed E-state index contributed by atoms with van der Waals surface area (Å²) in [6.07, 6.45) is 4.28. The Morgan fingerprint density at radius 3 is 1.86 bits per heavy atom. The van der Waals surface area contributed by atoms with Crippen molar-refractivity contribution in [1.82, 2.24) is 4.90 Å². The van der Waals surface area contributed by atoms with Crippen molar-refractivity contribution in [2.24, 2.45) is 0 Å². The Labute approximate surface area is 85.5 Å². The van der Waals surface area contributed by atoms with Crippen molar-refractivity contribution in [3.05, 3.63) is 36.1 Å². The Hall–Kier alpha value is -0.890. The van der Waals surface area contributed by atoms with Crippen LogP contribution in [0.1, 0.15) is 19.3 Å². The Morgan fingerprint density at radius 1 is 1.00 bits per heavy atom. The number of piperidine rings is 1. The van der Waals surface area contributed by atoms with E-state index in [9.17, 15) is 4.39 Å². The van der Waals surface area contributed by atoms with Gasteiger partial charge in [-0.2, -0.15) is 0 Å². The minimum Gasteiger partial charge on any atom is -0.306 e. The second-order valence-corrected chi connectivity index (χ2v) is 3.66. The number of nitrogens with zero attached hydrogens (tertiary/aromatic N) is 1. The van der Waals surface area contributed by atoms with Gasteiger partial charge in [0.15, 0.2) is 0 Å². The standard InChI is InChI=1S/C6H5F.C6H13N/c7-6-4-2-1-3-5-6;1-7-5-3-2-4-6-7/h1-5H;2-6H2,1H3. The maximum atomic E-state index is 11.9. The van der Waals surface area contributed by atoms with Gasteiger partial charge in [0.2, 0.25) is 0 Å². The third-order valence-corrected chi connectivity index (χ3v) is 2.31. The predicted octanol–water partition coefficient (Wildman–Crippen LogP) is 2.93. The fraction of sp³-hybridized carbons (Fsp3) is 0.500. The summed E-state index contributed by atoms with van der Waals surface area (Å²) in [5, 5.41) is 0. The molecule has 1 nitrogen and oxygen atoms in total. The van der Waals surface area contributed by atoms with Crippen LogP contribution in [-0.2, 0) is 0 Å². The molecule has 1 aliphatic rings. The largest absolute Gasteiger partial charge is 0.306 e. The lowest BCUT2D eigenvalue weighted by atomic mass is 10.1. The normalized spacial score (nSPS) is 17.0. The van der Waals surface area contributed by atoms with Crippen LogP contribution in [0.4, 0.5) is 4.39 Å². The number of rotatable bonds is 0. The van der Waals surface area contributed by atoms with Crippen LogP contribution < -0.4 is 0 Å². The van der Waals surface area contributed by atoms with E-state index >= 15 is 0 Å². The molecule has 2 rings (SSSR count). The molecule has 1 aromatic rings. The summed E-state index contributed by atoms with van der Waals surface area (Å²) in [5.41, 5.74) is 0. The van der Waals surface area contributed by atoms with Gasteiger partial charge in [-0.05, 0) is 45.1 Å². The quantitative estimate of drug-likeness (QED) is 0.615. The summed E-state index contributed by atoms with van der Waals surface area (Å²) in [6.45, 7) is 2.64. The summed E-state index contributed by atoms with van der Waals surface area (Å²) < 4.78 is 11.9. The third-order valence-electron chi connectivity index (χ3n) is 2.31. The molecule has 2 heteroatoms. The highest BCUT2D eigenvalue weighted by Crippen LogP contribution is 2.04. The number of likely N-dealkylation sites (tertiary alicyclic amines) is 1. The number of halogens is 1. The highest BCUT2D eigenvalue weighted by Gasteiger charge is 2.02. The molecule has 78 valence electrons. The first kappa shape index (κ1) is 11.2. The molecule has 0 amide bonds. The van der Waals surface area contributed by atoms with E-state index in [1.54, 1.807) is 18.2 Å². The van der Waals surface area contributed by atoms with Crippen molar-refractivity contribution in [2.75, 3.05) is 20.1 Å². The summed E-state index contributed by atoms with van der Waals surface area (Å²) >= 11 is 0. The van der Waals surface area contributed by atoms with E-state index in [0.717, 1.165) is 0 Å². The van der Waals surface area contributed by atoms with Gasteiger partial charge in [-0.3, -0.25) is 0 Å². The minimum atomic E-state index is -0.178. The molecule has 1 aliphatic heterocycles. The average Bonchev–Trinajstić information content (AvgIpc) is 2.21. The van der Waals surface area contributed by atoms with Crippen LogP contribution in [0.15, 0.2) is 30.3 Å². The molecule has 0 aromatic heterocycles. The van der Waals surface area contributed by atoms with Crippen molar-refractivity contribution in [3.63, 3.8) is 0 Å².